The van der Waals surface area contributed by atoms with Crippen LogP contribution in [-0.2, 0) is 11.3 Å². The van der Waals surface area contributed by atoms with Gasteiger partial charge in [-0.25, -0.2) is 4.79 Å². The molecule has 0 heterocycles. The molecule has 1 aliphatic rings. The minimum Gasteiger partial charge on any atom is -0.445 e. The third-order valence-electron chi connectivity index (χ3n) is 3.66. The quantitative estimate of drug-likeness (QED) is 0.324. The van der Waals surface area contributed by atoms with Crippen molar-refractivity contribution in [1.29, 1.82) is 0 Å². The van der Waals surface area contributed by atoms with Gasteiger partial charge in [-0.3, -0.25) is 0 Å². The van der Waals surface area contributed by atoms with Crippen LogP contribution in [0.4, 0.5) is 4.79 Å². The lowest BCUT2D eigenvalue weighted by molar-refractivity contribution is 0.131. The molecule has 0 aromatic heterocycles. The fourth-order valence-corrected chi connectivity index (χ4v) is 2.21. The molecule has 0 bridgehead atoms. The Bertz CT molecular complexity index is 514. The van der Waals surface area contributed by atoms with Crippen LogP contribution in [0.1, 0.15) is 31.7 Å². The molecule has 1 saturated carbocycles. The first kappa shape index (κ1) is 15.2. The second kappa shape index (κ2) is 6.47. The summed E-state index contributed by atoms with van der Waals surface area (Å²) in [5.41, 5.74) is 5.73. The second-order valence-corrected chi connectivity index (χ2v) is 5.65. The van der Waals surface area contributed by atoms with Crippen LogP contribution in [0.15, 0.2) is 35.5 Å². The molecule has 6 heteroatoms. The zero-order valence-corrected chi connectivity index (χ0v) is 12.1. The van der Waals surface area contributed by atoms with E-state index in [9.17, 15) is 4.79 Å². The molecule has 0 saturated heterocycles. The summed E-state index contributed by atoms with van der Waals surface area (Å²) in [6, 6.07) is 9.41. The number of ether oxygens (including phenoxy) is 1. The van der Waals surface area contributed by atoms with Crippen LogP contribution in [0, 0.1) is 5.92 Å². The number of alkyl carbamates (subject to hydrolysis) is 1. The van der Waals surface area contributed by atoms with Gasteiger partial charge >= 0.3 is 6.09 Å². The predicted octanol–water partition coefficient (Wildman–Crippen LogP) is 2.22. The van der Waals surface area contributed by atoms with E-state index in [1.54, 1.807) is 6.92 Å². The number of nitrogens with one attached hydrogen (secondary N) is 1. The Kier molecular flexibility index (Phi) is 4.67. The van der Waals surface area contributed by atoms with Crippen molar-refractivity contribution in [2.24, 2.45) is 16.8 Å². The summed E-state index contributed by atoms with van der Waals surface area (Å²) in [5.74, 6) is 0.496. The SMILES string of the molecule is C[C@@](CC1CC1)(NC(=O)OCc1ccccc1)C(N)=NO. The van der Waals surface area contributed by atoms with Gasteiger partial charge < -0.3 is 21.0 Å². The Morgan fingerprint density at radius 2 is 2.14 bits per heavy atom. The maximum Gasteiger partial charge on any atom is 0.408 e. The molecule has 1 fully saturated rings. The lowest BCUT2D eigenvalue weighted by Crippen LogP contribution is -2.55. The maximum atomic E-state index is 11.9. The van der Waals surface area contributed by atoms with Gasteiger partial charge in [-0.1, -0.05) is 48.3 Å². The molecule has 1 aromatic carbocycles. The Morgan fingerprint density at radius 3 is 2.71 bits per heavy atom. The zero-order chi connectivity index (χ0) is 15.3. The monoisotopic (exact) mass is 291 g/mol. The molecule has 1 aromatic rings. The van der Waals surface area contributed by atoms with Crippen molar-refractivity contribution in [3.05, 3.63) is 35.9 Å². The third-order valence-corrected chi connectivity index (χ3v) is 3.66. The van der Waals surface area contributed by atoms with Gasteiger partial charge in [0.15, 0.2) is 5.84 Å². The van der Waals surface area contributed by atoms with E-state index in [1.807, 2.05) is 30.3 Å². The third kappa shape index (κ3) is 4.37. The Balaban J connectivity index is 1.91. The summed E-state index contributed by atoms with van der Waals surface area (Å²) in [5, 5.41) is 14.6. The van der Waals surface area contributed by atoms with Crippen LogP contribution >= 0.6 is 0 Å². The number of benzene rings is 1. The molecule has 6 nitrogen and oxygen atoms in total. The number of nitrogens with zero attached hydrogens (tertiary/aromatic N) is 1. The summed E-state index contributed by atoms with van der Waals surface area (Å²) in [6.45, 7) is 1.92. The second-order valence-electron chi connectivity index (χ2n) is 5.65. The van der Waals surface area contributed by atoms with Crippen molar-refractivity contribution in [2.75, 3.05) is 0 Å². The fraction of sp³-hybridized carbons (Fsp3) is 0.467. The Labute approximate surface area is 124 Å². The number of amides is 1. The number of hydrogen-bond acceptors (Lipinski definition) is 4. The molecular weight excluding hydrogens is 270 g/mol. The van der Waals surface area contributed by atoms with Gasteiger partial charge in [-0.2, -0.15) is 0 Å². The molecular formula is C15H21N3O3. The van der Waals surface area contributed by atoms with Gasteiger partial charge in [0, 0.05) is 0 Å². The van der Waals surface area contributed by atoms with Crippen molar-refractivity contribution < 1.29 is 14.7 Å². The highest BCUT2D eigenvalue weighted by molar-refractivity contribution is 5.92. The van der Waals surface area contributed by atoms with Crippen molar-refractivity contribution in [2.45, 2.75) is 38.3 Å². The number of nitrogens with two attached hydrogens (primary N) is 1. The van der Waals surface area contributed by atoms with Crippen LogP contribution in [0.3, 0.4) is 0 Å². The first-order valence-corrected chi connectivity index (χ1v) is 7.00. The van der Waals surface area contributed by atoms with Crippen molar-refractivity contribution in [1.82, 2.24) is 5.32 Å². The summed E-state index contributed by atoms with van der Waals surface area (Å²) < 4.78 is 5.18. The summed E-state index contributed by atoms with van der Waals surface area (Å²) in [6.07, 6.45) is 2.28. The highest BCUT2D eigenvalue weighted by Crippen LogP contribution is 2.36. The fourth-order valence-electron chi connectivity index (χ4n) is 2.21. The summed E-state index contributed by atoms with van der Waals surface area (Å²) >= 11 is 0. The van der Waals surface area contributed by atoms with Crippen LogP contribution in [0.5, 0.6) is 0 Å². The van der Waals surface area contributed by atoms with Crippen molar-refractivity contribution in [3.63, 3.8) is 0 Å². The molecule has 1 amide bonds. The molecule has 4 N–H and O–H groups in total. The first-order chi connectivity index (χ1) is 10.0. The van der Waals surface area contributed by atoms with E-state index < -0.39 is 11.6 Å². The van der Waals surface area contributed by atoms with Gasteiger partial charge in [0.05, 0.1) is 0 Å². The maximum absolute atomic E-state index is 11.9. The van der Waals surface area contributed by atoms with E-state index in [2.05, 4.69) is 10.5 Å². The highest BCUT2D eigenvalue weighted by Gasteiger charge is 2.38. The Morgan fingerprint density at radius 1 is 1.48 bits per heavy atom. The van der Waals surface area contributed by atoms with Crippen LogP contribution in [0.2, 0.25) is 0 Å². The molecule has 0 aliphatic heterocycles. The standard InChI is InChI=1S/C15H21N3O3/c1-15(13(16)18-20,9-11-7-8-11)17-14(19)21-10-12-5-3-2-4-6-12/h2-6,11,20H,7-10H2,1H3,(H2,16,18)(H,17,19)/t15-/m0/s1. The minimum atomic E-state index is -0.885. The lowest BCUT2D eigenvalue weighted by atomic mass is 9.93. The molecule has 21 heavy (non-hydrogen) atoms. The van der Waals surface area contributed by atoms with Gasteiger partial charge in [0.25, 0.3) is 0 Å². The highest BCUT2D eigenvalue weighted by atomic mass is 16.5. The van der Waals surface area contributed by atoms with Gasteiger partial charge in [0.2, 0.25) is 0 Å². The molecule has 114 valence electrons. The summed E-state index contributed by atoms with van der Waals surface area (Å²) in [4.78, 5) is 11.9. The summed E-state index contributed by atoms with van der Waals surface area (Å²) in [7, 11) is 0. The van der Waals surface area contributed by atoms with E-state index in [0.717, 1.165) is 18.4 Å². The first-order valence-electron chi connectivity index (χ1n) is 7.00. The number of carbonyl (C=O) groups excluding carboxylic acids is 1. The number of amidine groups is 1. The number of rotatable bonds is 6. The van der Waals surface area contributed by atoms with Crippen LogP contribution in [0.25, 0.3) is 0 Å². The average Bonchev–Trinajstić information content (AvgIpc) is 3.29. The van der Waals surface area contributed by atoms with Crippen LogP contribution < -0.4 is 11.1 Å². The largest absolute Gasteiger partial charge is 0.445 e. The molecule has 2 rings (SSSR count). The normalized spacial score (nSPS) is 17.9. The molecule has 0 spiro atoms. The number of hydrogen-bond donors (Lipinski definition) is 3. The van der Waals surface area contributed by atoms with Crippen molar-refractivity contribution >= 4 is 11.9 Å². The number of oxime groups is 1. The van der Waals surface area contributed by atoms with Crippen LogP contribution in [-0.4, -0.2) is 22.7 Å². The van der Waals surface area contributed by atoms with Crippen molar-refractivity contribution in [3.8, 4) is 0 Å². The molecule has 0 radical (unpaired) electrons. The van der Waals surface area contributed by atoms with E-state index in [-0.39, 0.29) is 12.4 Å². The van der Waals surface area contributed by atoms with E-state index in [1.165, 1.54) is 0 Å². The predicted molar refractivity (Wildman–Crippen MR) is 78.9 cm³/mol. The minimum absolute atomic E-state index is 0.00828. The van der Waals surface area contributed by atoms with Gasteiger partial charge in [-0.15, -0.1) is 0 Å². The zero-order valence-electron chi connectivity index (χ0n) is 12.1. The molecule has 1 aliphatic carbocycles. The van der Waals surface area contributed by atoms with E-state index in [4.69, 9.17) is 15.7 Å². The van der Waals surface area contributed by atoms with Gasteiger partial charge in [-0.05, 0) is 24.8 Å². The van der Waals surface area contributed by atoms with E-state index in [0.29, 0.717) is 12.3 Å². The van der Waals surface area contributed by atoms with Gasteiger partial charge in [0.1, 0.15) is 12.1 Å². The lowest BCUT2D eigenvalue weighted by Gasteiger charge is -2.29. The van der Waals surface area contributed by atoms with E-state index >= 15 is 0 Å². The average molecular weight is 291 g/mol. The topological polar surface area (TPSA) is 96.9 Å². The smallest absolute Gasteiger partial charge is 0.408 e. The molecule has 1 atom stereocenters. The molecule has 0 unspecified atom stereocenters. The Hall–Kier alpha value is -2.24. The number of carbonyl (C=O) groups is 1.